The van der Waals surface area contributed by atoms with Crippen LogP contribution in [0.4, 0.5) is 5.82 Å². The first-order valence-corrected chi connectivity index (χ1v) is 22.4. The van der Waals surface area contributed by atoms with Crippen LogP contribution in [0.25, 0.3) is 11.2 Å². The molecule has 3 heterocycles. The molecule has 0 radical (unpaired) electrons. The molecule has 11 N–H and O–H groups in total. The van der Waals surface area contributed by atoms with Crippen LogP contribution in [0.5, 0.6) is 0 Å². The second kappa shape index (κ2) is 19.5. The van der Waals surface area contributed by atoms with Gasteiger partial charge in [0.25, 0.3) is 0 Å². The summed E-state index contributed by atoms with van der Waals surface area (Å²) in [7, 11) is -16.4. The van der Waals surface area contributed by atoms with Gasteiger partial charge < -0.3 is 56.0 Å². The second-order valence-corrected chi connectivity index (χ2v) is 18.6. The first-order chi connectivity index (χ1) is 26.5. The standard InChI is InChI=1S/C28H44N7O18P3S/c1-28(2,22(39)25(40)31-8-7-18(37)30-9-10-57-27(41)15-5-3-4-6-16(15)36)12-50-56(47,48)53-55(45,46)49-11-17-21(52-54(42,43)44)20(38)26(51-17)35-14-34-19-23(29)32-13-33-24(19)35/h5,13-14,16-17,20-22,26,36,38-39H,3-4,6-12H2,1-2H3,(H,30,37)(H,31,40)(H,45,46)(H,47,48)(H2,29,32,33)(H2,42,43,44)/t16?,17-,20-,21-,22+,26-/m1/s1. The number of fused-ring (bicyclic) bond motifs is 1. The van der Waals surface area contributed by atoms with E-state index in [1.165, 1.54) is 13.8 Å². The van der Waals surface area contributed by atoms with Crippen LogP contribution in [0, 0.1) is 5.41 Å². The molecule has 2 aliphatic rings. The number of aliphatic hydroxyl groups is 3. The predicted octanol–water partition coefficient (Wildman–Crippen LogP) is -0.864. The number of nitrogens with one attached hydrogen (secondary N) is 2. The number of phosphoric acid groups is 3. The Bertz CT molecular complexity index is 1950. The number of nitrogen functional groups attached to an aromatic ring is 1. The van der Waals surface area contributed by atoms with Crippen LogP contribution in [0.3, 0.4) is 0 Å². The Hall–Kier alpha value is -2.74. The molecule has 8 atom stereocenters. The van der Waals surface area contributed by atoms with Crippen molar-refractivity contribution in [2.24, 2.45) is 5.41 Å². The summed E-state index contributed by atoms with van der Waals surface area (Å²) in [5, 5.41) is 36.0. The number of imidazole rings is 1. The molecule has 2 amide bonds. The quantitative estimate of drug-likeness (QED) is 0.0571. The molecule has 0 bridgehead atoms. The summed E-state index contributed by atoms with van der Waals surface area (Å²) in [4.78, 5) is 87.9. The highest BCUT2D eigenvalue weighted by molar-refractivity contribution is 8.14. The van der Waals surface area contributed by atoms with Crippen molar-refractivity contribution < 1.29 is 85.6 Å². The van der Waals surface area contributed by atoms with Crippen molar-refractivity contribution in [3.05, 3.63) is 24.3 Å². The van der Waals surface area contributed by atoms with Crippen LogP contribution in [0.1, 0.15) is 45.8 Å². The van der Waals surface area contributed by atoms with Gasteiger partial charge in [0, 0.05) is 36.3 Å². The SMILES string of the molecule is CC(C)(COP(=O)(O)OP(=O)(O)OC[C@H]1O[C@@H](n2cnc3c(N)ncnc32)[C@H](O)[C@@H]1OP(=O)(O)O)[C@@H](O)C(=O)NCCC(=O)NCCSC(=O)C1=CCCCC1O. The summed E-state index contributed by atoms with van der Waals surface area (Å²) in [6.45, 7) is 0.357. The molecule has 25 nitrogen and oxygen atoms in total. The topological polar surface area (TPSA) is 384 Å². The molecule has 1 aliphatic heterocycles. The number of carbonyl (C=O) groups is 3. The predicted molar refractivity (Wildman–Crippen MR) is 195 cm³/mol. The fourth-order valence-electron chi connectivity index (χ4n) is 5.44. The number of hydrogen-bond donors (Lipinski definition) is 10. The molecule has 29 heteroatoms. The van der Waals surface area contributed by atoms with Gasteiger partial charge in [0.05, 0.1) is 25.6 Å². The van der Waals surface area contributed by atoms with E-state index >= 15 is 0 Å². The largest absolute Gasteiger partial charge is 0.481 e. The normalized spacial score (nSPS) is 24.3. The number of amides is 2. The second-order valence-electron chi connectivity index (χ2n) is 13.3. The summed E-state index contributed by atoms with van der Waals surface area (Å²) >= 11 is 0.952. The van der Waals surface area contributed by atoms with Crippen molar-refractivity contribution >= 4 is 69.1 Å². The minimum Gasteiger partial charge on any atom is -0.388 e. The molecule has 0 aromatic carbocycles. The number of phosphoric ester groups is 3. The van der Waals surface area contributed by atoms with Crippen LogP contribution in [0.2, 0.25) is 0 Å². The van der Waals surface area contributed by atoms with Crippen LogP contribution < -0.4 is 16.4 Å². The highest BCUT2D eigenvalue weighted by Gasteiger charge is 2.50. The number of ether oxygens (including phenoxy) is 1. The molecule has 57 heavy (non-hydrogen) atoms. The zero-order valence-corrected chi connectivity index (χ0v) is 33.8. The Labute approximate surface area is 328 Å². The fraction of sp³-hybridized carbons (Fsp3) is 0.643. The Morgan fingerprint density at radius 1 is 1.07 bits per heavy atom. The van der Waals surface area contributed by atoms with E-state index in [0.717, 1.165) is 35.4 Å². The van der Waals surface area contributed by atoms with E-state index in [2.05, 4.69) is 34.4 Å². The number of allylic oxidation sites excluding steroid dienone is 1. The van der Waals surface area contributed by atoms with E-state index in [-0.39, 0.29) is 47.4 Å². The van der Waals surface area contributed by atoms with E-state index in [4.69, 9.17) is 19.5 Å². The van der Waals surface area contributed by atoms with Gasteiger partial charge >= 0.3 is 23.5 Å². The van der Waals surface area contributed by atoms with Crippen molar-refractivity contribution in [1.29, 1.82) is 0 Å². The summed E-state index contributed by atoms with van der Waals surface area (Å²) in [5.74, 6) is -1.27. The lowest BCUT2D eigenvalue weighted by Gasteiger charge is -2.30. The van der Waals surface area contributed by atoms with Gasteiger partial charge in [-0.1, -0.05) is 31.7 Å². The van der Waals surface area contributed by atoms with Gasteiger partial charge in [-0.15, -0.1) is 0 Å². The average Bonchev–Trinajstić information content (AvgIpc) is 3.68. The minimum atomic E-state index is -5.58. The third kappa shape index (κ3) is 13.4. The zero-order valence-electron chi connectivity index (χ0n) is 30.3. The third-order valence-corrected chi connectivity index (χ3v) is 12.4. The lowest BCUT2D eigenvalue weighted by molar-refractivity contribution is -0.137. The van der Waals surface area contributed by atoms with E-state index < -0.39 is 90.7 Å². The number of nitrogens with zero attached hydrogens (tertiary/aromatic N) is 4. The minimum absolute atomic E-state index is 0.0262. The molecule has 1 saturated heterocycles. The van der Waals surface area contributed by atoms with E-state index in [9.17, 15) is 63.0 Å². The molecule has 320 valence electrons. The van der Waals surface area contributed by atoms with E-state index in [1.54, 1.807) is 6.08 Å². The van der Waals surface area contributed by atoms with Crippen LogP contribution >= 0.6 is 35.2 Å². The fourth-order valence-corrected chi connectivity index (χ4v) is 9.04. The molecule has 1 aliphatic carbocycles. The number of aromatic nitrogens is 4. The van der Waals surface area contributed by atoms with Crippen molar-refractivity contribution in [3.63, 3.8) is 0 Å². The van der Waals surface area contributed by atoms with Gasteiger partial charge in [0.15, 0.2) is 17.7 Å². The monoisotopic (exact) mass is 891 g/mol. The lowest BCUT2D eigenvalue weighted by atomic mass is 9.87. The molecule has 4 rings (SSSR count). The average molecular weight is 892 g/mol. The number of aliphatic hydroxyl groups excluding tert-OH is 3. The van der Waals surface area contributed by atoms with Gasteiger partial charge in [-0.05, 0) is 19.3 Å². The number of carbonyl (C=O) groups excluding carboxylic acids is 3. The number of hydrogen-bond acceptors (Lipinski definition) is 19. The lowest BCUT2D eigenvalue weighted by Crippen LogP contribution is -2.46. The van der Waals surface area contributed by atoms with Crippen molar-refractivity contribution in [1.82, 2.24) is 30.2 Å². The highest BCUT2D eigenvalue weighted by Crippen LogP contribution is 2.61. The van der Waals surface area contributed by atoms with Gasteiger partial charge in [0.1, 0.15) is 36.3 Å². The zero-order chi connectivity index (χ0) is 42.3. The number of rotatable bonds is 20. The van der Waals surface area contributed by atoms with Crippen LogP contribution in [0.15, 0.2) is 24.3 Å². The summed E-state index contributed by atoms with van der Waals surface area (Å²) in [5.41, 5.74) is 4.59. The van der Waals surface area contributed by atoms with Gasteiger partial charge in [-0.3, -0.25) is 32.5 Å². The Balaban J connectivity index is 1.22. The van der Waals surface area contributed by atoms with E-state index in [1.807, 2.05) is 0 Å². The van der Waals surface area contributed by atoms with Crippen molar-refractivity contribution in [3.8, 4) is 0 Å². The summed E-state index contributed by atoms with van der Waals surface area (Å²) in [6.07, 6.45) is -4.07. The van der Waals surface area contributed by atoms with Gasteiger partial charge in [-0.2, -0.15) is 4.31 Å². The molecule has 3 unspecified atom stereocenters. The maximum Gasteiger partial charge on any atom is 0.481 e. The highest BCUT2D eigenvalue weighted by atomic mass is 32.2. The Morgan fingerprint density at radius 2 is 1.77 bits per heavy atom. The van der Waals surface area contributed by atoms with Gasteiger partial charge in [-0.25, -0.2) is 28.6 Å². The number of anilines is 1. The van der Waals surface area contributed by atoms with E-state index in [0.29, 0.717) is 18.4 Å². The third-order valence-electron chi connectivity index (χ3n) is 8.38. The summed E-state index contributed by atoms with van der Waals surface area (Å²) in [6, 6.07) is 0. The molecule has 2 aromatic heterocycles. The van der Waals surface area contributed by atoms with Crippen molar-refractivity contribution in [2.75, 3.05) is 37.8 Å². The molecular weight excluding hydrogens is 847 g/mol. The number of nitrogens with two attached hydrogens (primary N) is 1. The van der Waals surface area contributed by atoms with Crippen LogP contribution in [-0.2, 0) is 50.7 Å². The van der Waals surface area contributed by atoms with Crippen LogP contribution in [-0.4, -0.2) is 134 Å². The smallest absolute Gasteiger partial charge is 0.388 e. The molecule has 1 fully saturated rings. The maximum atomic E-state index is 12.7. The molecular formula is C28H44N7O18P3S. The Kier molecular flexibility index (Phi) is 16.1. The molecule has 0 spiro atoms. The van der Waals surface area contributed by atoms with Gasteiger partial charge in [0.2, 0.25) is 16.9 Å². The Morgan fingerprint density at radius 3 is 2.46 bits per heavy atom. The number of thioether (sulfide) groups is 1. The maximum absolute atomic E-state index is 12.7. The first-order valence-electron chi connectivity index (χ1n) is 16.9. The summed E-state index contributed by atoms with van der Waals surface area (Å²) < 4.78 is 62.1. The molecule has 2 aromatic rings. The molecule has 0 saturated carbocycles. The first kappa shape index (κ1) is 46.9. The van der Waals surface area contributed by atoms with Crippen molar-refractivity contribution in [2.45, 2.75) is 76.3 Å².